The zero-order valence-corrected chi connectivity index (χ0v) is 16.1. The van der Waals surface area contributed by atoms with Crippen molar-refractivity contribution < 1.29 is 9.53 Å². The summed E-state index contributed by atoms with van der Waals surface area (Å²) in [6, 6.07) is 5.88. The quantitative estimate of drug-likeness (QED) is 0.453. The van der Waals surface area contributed by atoms with Crippen LogP contribution in [-0.4, -0.2) is 55.5 Å². The lowest BCUT2D eigenvalue weighted by atomic mass is 10.2. The predicted octanol–water partition coefficient (Wildman–Crippen LogP) is 2.66. The zero-order valence-electron chi connectivity index (χ0n) is 15.3. The van der Waals surface area contributed by atoms with Gasteiger partial charge in [0.15, 0.2) is 0 Å². The third-order valence-corrected chi connectivity index (χ3v) is 5.50. The summed E-state index contributed by atoms with van der Waals surface area (Å²) in [5, 5.41) is 17.1. The zero-order chi connectivity index (χ0) is 19.6. The molecule has 5 heterocycles. The first-order chi connectivity index (χ1) is 14.3. The van der Waals surface area contributed by atoms with Crippen LogP contribution < -0.4 is 5.32 Å². The first-order valence-electron chi connectivity index (χ1n) is 9.08. The van der Waals surface area contributed by atoms with E-state index in [4.69, 9.17) is 4.74 Å². The van der Waals surface area contributed by atoms with Crippen LogP contribution in [0.2, 0.25) is 0 Å². The van der Waals surface area contributed by atoms with Gasteiger partial charge in [0.05, 0.1) is 43.4 Å². The lowest BCUT2D eigenvalue weighted by Gasteiger charge is -2.25. The van der Waals surface area contributed by atoms with E-state index < -0.39 is 0 Å². The Hall–Kier alpha value is -3.37. The fourth-order valence-corrected chi connectivity index (χ4v) is 3.75. The normalized spacial score (nSPS) is 13.9. The number of hydrogen-bond donors (Lipinski definition) is 2. The van der Waals surface area contributed by atoms with Crippen LogP contribution in [0.15, 0.2) is 48.4 Å². The van der Waals surface area contributed by atoms with Crippen molar-refractivity contribution in [1.82, 2.24) is 29.9 Å². The molecule has 10 heteroatoms. The standard InChI is InChI=1S/C19H17N7O2S/c27-17(16-11-29-19(24-16)12-5-22-23-6-12)7-21-15-8-26(13-9-28-10-13)25-18(15)14-3-1-2-4-20-14/h1-6,8,11,13,21H,7,9-10H2,(H,22,23). The van der Waals surface area contributed by atoms with Crippen LogP contribution in [0, 0.1) is 0 Å². The molecule has 0 aliphatic carbocycles. The molecule has 0 saturated carbocycles. The molecule has 4 aromatic rings. The van der Waals surface area contributed by atoms with Gasteiger partial charge < -0.3 is 10.1 Å². The van der Waals surface area contributed by atoms with Crippen molar-refractivity contribution in [1.29, 1.82) is 0 Å². The fourth-order valence-electron chi connectivity index (χ4n) is 2.94. The Balaban J connectivity index is 1.34. The van der Waals surface area contributed by atoms with Crippen LogP contribution in [-0.2, 0) is 4.74 Å². The van der Waals surface area contributed by atoms with Gasteiger partial charge in [0, 0.05) is 29.5 Å². The summed E-state index contributed by atoms with van der Waals surface area (Å²) in [7, 11) is 0. The maximum absolute atomic E-state index is 12.7. The Labute approximate surface area is 169 Å². The molecule has 0 spiro atoms. The highest BCUT2D eigenvalue weighted by Crippen LogP contribution is 2.28. The number of carbonyl (C=O) groups is 1. The highest BCUT2D eigenvalue weighted by Gasteiger charge is 2.24. The molecule has 29 heavy (non-hydrogen) atoms. The number of thiazole rings is 1. The summed E-state index contributed by atoms with van der Waals surface area (Å²) >= 11 is 1.42. The third kappa shape index (κ3) is 3.55. The second kappa shape index (κ2) is 7.57. The van der Waals surface area contributed by atoms with Crippen LogP contribution in [0.3, 0.4) is 0 Å². The van der Waals surface area contributed by atoms with E-state index in [9.17, 15) is 4.79 Å². The van der Waals surface area contributed by atoms with Crippen molar-refractivity contribution in [3.63, 3.8) is 0 Å². The number of Topliss-reactive ketones (excluding diaryl/α,β-unsaturated/α-hetero) is 1. The number of aromatic amines is 1. The van der Waals surface area contributed by atoms with Gasteiger partial charge in [0.1, 0.15) is 16.4 Å². The second-order valence-electron chi connectivity index (χ2n) is 6.58. The van der Waals surface area contributed by atoms with Gasteiger partial charge in [-0.1, -0.05) is 6.07 Å². The molecule has 146 valence electrons. The van der Waals surface area contributed by atoms with Crippen molar-refractivity contribution in [2.75, 3.05) is 25.1 Å². The molecule has 2 N–H and O–H groups in total. The van der Waals surface area contributed by atoms with E-state index in [1.165, 1.54) is 11.3 Å². The van der Waals surface area contributed by atoms with Gasteiger partial charge in [-0.25, -0.2) is 4.98 Å². The topological polar surface area (TPSA) is 111 Å². The Kier molecular flexibility index (Phi) is 4.62. The summed E-state index contributed by atoms with van der Waals surface area (Å²) in [6.07, 6.45) is 7.07. The van der Waals surface area contributed by atoms with E-state index in [1.807, 2.05) is 29.1 Å². The van der Waals surface area contributed by atoms with E-state index in [2.05, 4.69) is 30.6 Å². The lowest BCUT2D eigenvalue weighted by Crippen LogP contribution is -2.30. The van der Waals surface area contributed by atoms with Crippen molar-refractivity contribution in [2.24, 2.45) is 0 Å². The number of hydrogen-bond acceptors (Lipinski definition) is 8. The molecule has 0 atom stereocenters. The van der Waals surface area contributed by atoms with Gasteiger partial charge >= 0.3 is 0 Å². The number of rotatable bonds is 7. The van der Waals surface area contributed by atoms with Gasteiger partial charge in [-0.15, -0.1) is 11.3 Å². The molecule has 9 nitrogen and oxygen atoms in total. The van der Waals surface area contributed by atoms with Crippen molar-refractivity contribution in [3.05, 3.63) is 54.1 Å². The average molecular weight is 407 g/mol. The van der Waals surface area contributed by atoms with Crippen molar-refractivity contribution in [2.45, 2.75) is 6.04 Å². The van der Waals surface area contributed by atoms with Crippen molar-refractivity contribution in [3.8, 4) is 22.0 Å². The highest BCUT2D eigenvalue weighted by molar-refractivity contribution is 7.13. The van der Waals surface area contributed by atoms with E-state index in [0.29, 0.717) is 24.6 Å². The summed E-state index contributed by atoms with van der Waals surface area (Å²) in [5.41, 5.74) is 3.51. The molecule has 0 aromatic carbocycles. The Morgan fingerprint density at radius 2 is 2.31 bits per heavy atom. The maximum atomic E-state index is 12.7. The number of ketones is 1. The maximum Gasteiger partial charge on any atom is 0.201 e. The molecule has 0 amide bonds. The SMILES string of the molecule is O=C(CNc1cn(C2COC2)nc1-c1ccccn1)c1csc(-c2cn[nH]c2)n1. The van der Waals surface area contributed by atoms with Crippen molar-refractivity contribution >= 4 is 22.8 Å². The Morgan fingerprint density at radius 1 is 1.38 bits per heavy atom. The van der Waals surface area contributed by atoms with Crippen LogP contribution in [0.5, 0.6) is 0 Å². The summed E-state index contributed by atoms with van der Waals surface area (Å²) in [4.78, 5) is 21.5. The lowest BCUT2D eigenvalue weighted by molar-refractivity contribution is -0.0285. The summed E-state index contributed by atoms with van der Waals surface area (Å²) in [5.74, 6) is -0.0947. The number of anilines is 1. The first kappa shape index (κ1) is 17.7. The highest BCUT2D eigenvalue weighted by atomic mass is 32.1. The molecule has 0 bridgehead atoms. The second-order valence-corrected chi connectivity index (χ2v) is 7.44. The van der Waals surface area contributed by atoms with Crippen LogP contribution in [0.1, 0.15) is 16.5 Å². The molecule has 1 aliphatic heterocycles. The van der Waals surface area contributed by atoms with Gasteiger partial charge in [0.2, 0.25) is 5.78 Å². The molecule has 0 radical (unpaired) electrons. The number of nitrogens with one attached hydrogen (secondary N) is 2. The molecule has 1 saturated heterocycles. The Bertz CT molecular complexity index is 1120. The van der Waals surface area contributed by atoms with E-state index in [1.54, 1.807) is 24.0 Å². The van der Waals surface area contributed by atoms with E-state index in [-0.39, 0.29) is 18.4 Å². The smallest absolute Gasteiger partial charge is 0.201 e. The van der Waals surface area contributed by atoms with Gasteiger partial charge in [-0.05, 0) is 12.1 Å². The van der Waals surface area contributed by atoms with E-state index >= 15 is 0 Å². The summed E-state index contributed by atoms with van der Waals surface area (Å²) in [6.45, 7) is 1.38. The monoisotopic (exact) mass is 407 g/mol. The largest absolute Gasteiger partial charge is 0.377 e. The minimum atomic E-state index is -0.0947. The fraction of sp³-hybridized carbons (Fsp3) is 0.211. The molecular formula is C19H17N7O2S. The van der Waals surface area contributed by atoms with Crippen LogP contribution in [0.25, 0.3) is 22.0 Å². The minimum absolute atomic E-state index is 0.0947. The first-order valence-corrected chi connectivity index (χ1v) is 9.96. The van der Waals surface area contributed by atoms with E-state index in [0.717, 1.165) is 22.0 Å². The average Bonchev–Trinajstić information content (AvgIpc) is 3.45. The van der Waals surface area contributed by atoms with Gasteiger partial charge in [-0.3, -0.25) is 19.6 Å². The molecule has 1 fully saturated rings. The molecule has 0 unspecified atom stereocenters. The predicted molar refractivity (Wildman–Crippen MR) is 108 cm³/mol. The molecule has 1 aliphatic rings. The minimum Gasteiger partial charge on any atom is -0.377 e. The van der Waals surface area contributed by atoms with Gasteiger partial charge in [0.25, 0.3) is 0 Å². The van der Waals surface area contributed by atoms with Crippen LogP contribution in [0.4, 0.5) is 5.69 Å². The Morgan fingerprint density at radius 3 is 3.03 bits per heavy atom. The molecule has 4 aromatic heterocycles. The number of ether oxygens (including phenoxy) is 1. The number of carbonyl (C=O) groups excluding carboxylic acids is 1. The number of aromatic nitrogens is 6. The number of pyridine rings is 1. The van der Waals surface area contributed by atoms with Crippen LogP contribution >= 0.6 is 11.3 Å². The number of H-pyrrole nitrogens is 1. The summed E-state index contributed by atoms with van der Waals surface area (Å²) < 4.78 is 7.14. The third-order valence-electron chi connectivity index (χ3n) is 4.61. The van der Waals surface area contributed by atoms with Gasteiger partial charge in [-0.2, -0.15) is 10.2 Å². The molecule has 5 rings (SSSR count). The molecular weight excluding hydrogens is 390 g/mol. The number of nitrogens with zero attached hydrogens (tertiary/aromatic N) is 5.